The minimum absolute atomic E-state index is 0.206. The Bertz CT molecular complexity index is 706. The maximum absolute atomic E-state index is 14.2. The molecule has 2 aromatic heterocycles. The van der Waals surface area contributed by atoms with Gasteiger partial charge in [0.15, 0.2) is 0 Å². The second kappa shape index (κ2) is 7.06. The fraction of sp³-hybridized carbons (Fsp3) is 0.550. The lowest BCUT2D eigenvalue weighted by Crippen LogP contribution is -2.42. The van der Waals surface area contributed by atoms with E-state index in [4.69, 9.17) is 0 Å². The molecule has 4 nitrogen and oxygen atoms in total. The van der Waals surface area contributed by atoms with Crippen LogP contribution in [0.1, 0.15) is 68.7 Å². The Kier molecular flexibility index (Phi) is 4.64. The van der Waals surface area contributed by atoms with E-state index in [0.29, 0.717) is 18.2 Å². The van der Waals surface area contributed by atoms with Gasteiger partial charge in [-0.2, -0.15) is 5.10 Å². The summed E-state index contributed by atoms with van der Waals surface area (Å²) in [6.45, 7) is 0.651. The minimum Gasteiger partial charge on any atom is -0.368 e. The molecule has 0 aromatic carbocycles. The zero-order chi connectivity index (χ0) is 17.1. The van der Waals surface area contributed by atoms with E-state index in [1.807, 2.05) is 6.07 Å². The van der Waals surface area contributed by atoms with Gasteiger partial charge in [0.1, 0.15) is 11.6 Å². The SMILES string of the molecule is Fc1cccnc1C1(CNc2ccc(C3CCCCC3)nn2)CCC1. The molecule has 0 bridgehead atoms. The molecule has 2 aliphatic carbocycles. The highest BCUT2D eigenvalue weighted by molar-refractivity contribution is 5.36. The predicted molar refractivity (Wildman–Crippen MR) is 96.1 cm³/mol. The summed E-state index contributed by atoms with van der Waals surface area (Å²) in [7, 11) is 0. The molecule has 0 saturated heterocycles. The number of rotatable bonds is 5. The topological polar surface area (TPSA) is 50.7 Å². The van der Waals surface area contributed by atoms with Crippen molar-refractivity contribution in [1.29, 1.82) is 0 Å². The van der Waals surface area contributed by atoms with Gasteiger partial charge in [0.05, 0.1) is 11.4 Å². The first kappa shape index (κ1) is 16.4. The van der Waals surface area contributed by atoms with Crippen LogP contribution in [0.5, 0.6) is 0 Å². The Morgan fingerprint density at radius 1 is 1.04 bits per heavy atom. The normalized spacial score (nSPS) is 20.0. The quantitative estimate of drug-likeness (QED) is 0.865. The van der Waals surface area contributed by atoms with E-state index in [9.17, 15) is 4.39 Å². The third-order valence-corrected chi connectivity index (χ3v) is 5.89. The van der Waals surface area contributed by atoms with Crippen LogP contribution in [0.2, 0.25) is 0 Å². The predicted octanol–water partition coefficient (Wildman–Crippen LogP) is 4.59. The number of nitrogens with zero attached hydrogens (tertiary/aromatic N) is 3. The molecule has 25 heavy (non-hydrogen) atoms. The molecule has 132 valence electrons. The second-order valence-corrected chi connectivity index (χ2v) is 7.50. The number of halogens is 1. The Balaban J connectivity index is 1.43. The van der Waals surface area contributed by atoms with Gasteiger partial charge in [-0.15, -0.1) is 5.10 Å². The van der Waals surface area contributed by atoms with Crippen molar-refractivity contribution in [2.24, 2.45) is 0 Å². The van der Waals surface area contributed by atoms with Crippen LogP contribution in [-0.2, 0) is 5.41 Å². The minimum atomic E-state index is -0.213. The number of aromatic nitrogens is 3. The van der Waals surface area contributed by atoms with Gasteiger partial charge in [-0.05, 0) is 49.9 Å². The molecule has 0 atom stereocenters. The number of hydrogen-bond donors (Lipinski definition) is 1. The maximum Gasteiger partial charge on any atom is 0.148 e. The third kappa shape index (κ3) is 3.37. The molecule has 2 saturated carbocycles. The van der Waals surface area contributed by atoms with Crippen LogP contribution in [0.3, 0.4) is 0 Å². The molecule has 2 aromatic rings. The Morgan fingerprint density at radius 3 is 2.52 bits per heavy atom. The molecule has 5 heteroatoms. The van der Waals surface area contributed by atoms with Gasteiger partial charge in [0.25, 0.3) is 0 Å². The largest absolute Gasteiger partial charge is 0.368 e. The summed E-state index contributed by atoms with van der Waals surface area (Å²) in [6.07, 6.45) is 11.1. The molecule has 0 spiro atoms. The van der Waals surface area contributed by atoms with E-state index < -0.39 is 0 Å². The molecule has 0 radical (unpaired) electrons. The summed E-state index contributed by atoms with van der Waals surface area (Å²) in [5, 5.41) is 12.2. The standard InChI is InChI=1S/C20H25FN4/c21-16-8-4-13-22-19(16)20(11-5-12-20)14-23-18-10-9-17(24-25-18)15-6-2-1-3-7-15/h4,8-10,13,15H,1-3,5-7,11-12,14H2,(H,23,25). The fourth-order valence-corrected chi connectivity index (χ4v) is 4.19. The molecule has 1 N–H and O–H groups in total. The molecule has 2 heterocycles. The van der Waals surface area contributed by atoms with E-state index in [-0.39, 0.29) is 11.2 Å². The first-order chi connectivity index (χ1) is 12.3. The van der Waals surface area contributed by atoms with Gasteiger partial charge in [-0.1, -0.05) is 25.7 Å². The smallest absolute Gasteiger partial charge is 0.148 e. The number of anilines is 1. The number of hydrogen-bond acceptors (Lipinski definition) is 4. The highest BCUT2D eigenvalue weighted by Gasteiger charge is 2.41. The zero-order valence-electron chi connectivity index (χ0n) is 14.5. The van der Waals surface area contributed by atoms with Crippen LogP contribution in [0.15, 0.2) is 30.5 Å². The summed E-state index contributed by atoms with van der Waals surface area (Å²) < 4.78 is 14.2. The van der Waals surface area contributed by atoms with Gasteiger partial charge < -0.3 is 5.32 Å². The van der Waals surface area contributed by atoms with Crippen molar-refractivity contribution >= 4 is 5.82 Å². The van der Waals surface area contributed by atoms with Crippen LogP contribution in [0.4, 0.5) is 10.2 Å². The summed E-state index contributed by atoms with van der Waals surface area (Å²) >= 11 is 0. The Labute approximate surface area is 148 Å². The summed E-state index contributed by atoms with van der Waals surface area (Å²) in [6, 6.07) is 7.26. The molecule has 0 aliphatic heterocycles. The fourth-order valence-electron chi connectivity index (χ4n) is 4.19. The molecular formula is C20H25FN4. The second-order valence-electron chi connectivity index (χ2n) is 7.50. The van der Waals surface area contributed by atoms with Crippen molar-refractivity contribution in [3.8, 4) is 0 Å². The first-order valence-corrected chi connectivity index (χ1v) is 9.45. The van der Waals surface area contributed by atoms with Gasteiger partial charge >= 0.3 is 0 Å². The zero-order valence-corrected chi connectivity index (χ0v) is 14.5. The molecule has 0 unspecified atom stereocenters. The van der Waals surface area contributed by atoms with Gasteiger partial charge in [0.2, 0.25) is 0 Å². The monoisotopic (exact) mass is 340 g/mol. The van der Waals surface area contributed by atoms with Crippen LogP contribution >= 0.6 is 0 Å². The molecule has 4 rings (SSSR count). The number of nitrogens with one attached hydrogen (secondary N) is 1. The lowest BCUT2D eigenvalue weighted by atomic mass is 9.66. The van der Waals surface area contributed by atoms with Crippen LogP contribution in [0, 0.1) is 5.82 Å². The van der Waals surface area contributed by atoms with Crippen LogP contribution in [0.25, 0.3) is 0 Å². The molecule has 0 amide bonds. The first-order valence-electron chi connectivity index (χ1n) is 9.45. The van der Waals surface area contributed by atoms with Crippen molar-refractivity contribution in [3.63, 3.8) is 0 Å². The van der Waals surface area contributed by atoms with E-state index in [2.05, 4.69) is 26.6 Å². The Morgan fingerprint density at radius 2 is 1.88 bits per heavy atom. The van der Waals surface area contributed by atoms with Gasteiger partial charge in [0, 0.05) is 24.1 Å². The highest BCUT2D eigenvalue weighted by Crippen LogP contribution is 2.43. The van der Waals surface area contributed by atoms with E-state index >= 15 is 0 Å². The Hall–Kier alpha value is -2.04. The average molecular weight is 340 g/mol. The molecule has 2 aliphatic rings. The summed E-state index contributed by atoms with van der Waals surface area (Å²) in [5.41, 5.74) is 1.48. The van der Waals surface area contributed by atoms with Crippen molar-refractivity contribution in [1.82, 2.24) is 15.2 Å². The van der Waals surface area contributed by atoms with Crippen LogP contribution < -0.4 is 5.32 Å². The molecule has 2 fully saturated rings. The van der Waals surface area contributed by atoms with Crippen molar-refractivity contribution in [2.75, 3.05) is 11.9 Å². The number of pyridine rings is 1. The average Bonchev–Trinajstić information content (AvgIpc) is 2.63. The van der Waals surface area contributed by atoms with Gasteiger partial charge in [-0.25, -0.2) is 4.39 Å². The van der Waals surface area contributed by atoms with Crippen molar-refractivity contribution < 1.29 is 4.39 Å². The van der Waals surface area contributed by atoms with E-state index in [1.54, 1.807) is 12.3 Å². The lowest BCUT2D eigenvalue weighted by molar-refractivity contribution is 0.243. The van der Waals surface area contributed by atoms with Gasteiger partial charge in [-0.3, -0.25) is 4.98 Å². The maximum atomic E-state index is 14.2. The van der Waals surface area contributed by atoms with Crippen molar-refractivity contribution in [3.05, 3.63) is 47.7 Å². The van der Waals surface area contributed by atoms with Crippen molar-refractivity contribution in [2.45, 2.75) is 62.7 Å². The molecular weight excluding hydrogens is 315 g/mol. The third-order valence-electron chi connectivity index (χ3n) is 5.89. The van der Waals surface area contributed by atoms with E-state index in [1.165, 1.54) is 38.2 Å². The summed E-state index contributed by atoms with van der Waals surface area (Å²) in [5.74, 6) is 1.13. The lowest BCUT2D eigenvalue weighted by Gasteiger charge is -2.41. The summed E-state index contributed by atoms with van der Waals surface area (Å²) in [4.78, 5) is 4.31. The highest BCUT2D eigenvalue weighted by atomic mass is 19.1. The van der Waals surface area contributed by atoms with E-state index in [0.717, 1.165) is 30.8 Å². The van der Waals surface area contributed by atoms with Crippen LogP contribution in [-0.4, -0.2) is 21.7 Å².